The van der Waals surface area contributed by atoms with Crippen molar-refractivity contribution in [1.29, 1.82) is 0 Å². The van der Waals surface area contributed by atoms with Crippen molar-refractivity contribution < 1.29 is 19.1 Å². The quantitative estimate of drug-likeness (QED) is 0.100. The molecule has 0 aliphatic heterocycles. The highest BCUT2D eigenvalue weighted by Crippen LogP contribution is 2.24. The molecule has 0 bridgehead atoms. The van der Waals surface area contributed by atoms with E-state index in [9.17, 15) is 9.59 Å². The van der Waals surface area contributed by atoms with E-state index in [-0.39, 0.29) is 23.9 Å². The van der Waals surface area contributed by atoms with Gasteiger partial charge < -0.3 is 9.47 Å². The summed E-state index contributed by atoms with van der Waals surface area (Å²) in [6.07, 6.45) is 10.9. The molecular weight excluding hydrogens is 460 g/mol. The van der Waals surface area contributed by atoms with E-state index < -0.39 is 0 Å². The predicted octanol–water partition coefficient (Wildman–Crippen LogP) is 8.60. The van der Waals surface area contributed by atoms with Gasteiger partial charge in [-0.3, -0.25) is 4.79 Å². The lowest BCUT2D eigenvalue weighted by atomic mass is 10.0. The molecule has 2 aromatic carbocycles. The Hall–Kier alpha value is -2.33. The van der Waals surface area contributed by atoms with Gasteiger partial charge in [0.25, 0.3) is 0 Å². The maximum absolute atomic E-state index is 12.3. The molecule has 0 saturated heterocycles. The Morgan fingerprint density at radius 2 is 1.34 bits per heavy atom. The van der Waals surface area contributed by atoms with E-state index >= 15 is 0 Å². The van der Waals surface area contributed by atoms with Gasteiger partial charge in [0.15, 0.2) is 0 Å². The molecule has 35 heavy (non-hydrogen) atoms. The fourth-order valence-electron chi connectivity index (χ4n) is 3.93. The molecule has 0 amide bonds. The molecule has 1 unspecified atom stereocenters. The first-order valence-corrected chi connectivity index (χ1v) is 13.5. The molecule has 0 saturated carbocycles. The van der Waals surface area contributed by atoms with E-state index in [2.05, 4.69) is 20.8 Å². The lowest BCUT2D eigenvalue weighted by Gasteiger charge is -2.12. The highest BCUT2D eigenvalue weighted by atomic mass is 35.5. The van der Waals surface area contributed by atoms with Gasteiger partial charge in [-0.1, -0.05) is 90.0 Å². The maximum Gasteiger partial charge on any atom is 0.338 e. The number of hydrogen-bond acceptors (Lipinski definition) is 4. The summed E-state index contributed by atoms with van der Waals surface area (Å²) in [7, 11) is 0. The molecule has 0 radical (unpaired) electrons. The van der Waals surface area contributed by atoms with E-state index in [1.165, 1.54) is 38.5 Å². The SMILES string of the molecule is CCCCCCCCCCC(=O)Oc1ccc(-c2ccc(C(=O)OCC(Cl)CC(C)C)cc2)cc1. The summed E-state index contributed by atoms with van der Waals surface area (Å²) in [5.74, 6) is 0.458. The molecule has 5 heteroatoms. The topological polar surface area (TPSA) is 52.6 Å². The number of carbonyl (C=O) groups excluding carboxylic acids is 2. The van der Waals surface area contributed by atoms with Crippen molar-refractivity contribution in [3.63, 3.8) is 0 Å². The zero-order valence-electron chi connectivity index (χ0n) is 21.6. The molecule has 4 nitrogen and oxygen atoms in total. The molecule has 0 spiro atoms. The second-order valence-corrected chi connectivity index (χ2v) is 10.2. The van der Waals surface area contributed by atoms with E-state index in [1.807, 2.05) is 24.3 Å². The number of carbonyl (C=O) groups is 2. The van der Waals surface area contributed by atoms with Crippen LogP contribution in [0.15, 0.2) is 48.5 Å². The number of ether oxygens (including phenoxy) is 2. The third kappa shape index (κ3) is 11.8. The zero-order valence-corrected chi connectivity index (χ0v) is 22.3. The number of rotatable bonds is 16. The predicted molar refractivity (Wildman–Crippen MR) is 144 cm³/mol. The summed E-state index contributed by atoms with van der Waals surface area (Å²) in [6.45, 7) is 6.61. The van der Waals surface area contributed by atoms with Crippen LogP contribution in [0.25, 0.3) is 11.1 Å². The molecule has 2 aromatic rings. The van der Waals surface area contributed by atoms with Crippen molar-refractivity contribution in [2.45, 2.75) is 90.4 Å². The molecular formula is C30H41ClO4. The maximum atomic E-state index is 12.3. The van der Waals surface area contributed by atoms with Crippen molar-refractivity contribution in [2.75, 3.05) is 6.61 Å². The van der Waals surface area contributed by atoms with Gasteiger partial charge in [-0.15, -0.1) is 11.6 Å². The molecule has 0 aliphatic rings. The highest BCUT2D eigenvalue weighted by Gasteiger charge is 2.13. The molecule has 0 aromatic heterocycles. The van der Waals surface area contributed by atoms with Gasteiger partial charge in [-0.05, 0) is 54.2 Å². The number of unbranched alkanes of at least 4 members (excludes halogenated alkanes) is 7. The van der Waals surface area contributed by atoms with Crippen LogP contribution >= 0.6 is 11.6 Å². The number of esters is 2. The molecule has 0 N–H and O–H groups in total. The standard InChI is InChI=1S/C30H41ClO4/c1-4-5-6-7-8-9-10-11-12-29(32)35-28-19-17-25(18-20-28)24-13-15-26(16-14-24)30(33)34-22-27(31)21-23(2)3/h13-20,23,27H,4-12,21-22H2,1-3H3. The Labute approximate surface area is 216 Å². The van der Waals surface area contributed by atoms with Gasteiger partial charge in [0.1, 0.15) is 12.4 Å². The Bertz CT molecular complexity index is 874. The van der Waals surface area contributed by atoms with Crippen molar-refractivity contribution >= 4 is 23.5 Å². The third-order valence-electron chi connectivity index (χ3n) is 5.90. The minimum Gasteiger partial charge on any atom is -0.461 e. The summed E-state index contributed by atoms with van der Waals surface area (Å²) in [6, 6.07) is 14.7. The zero-order chi connectivity index (χ0) is 25.5. The highest BCUT2D eigenvalue weighted by molar-refractivity contribution is 6.20. The smallest absolute Gasteiger partial charge is 0.338 e. The normalized spacial score (nSPS) is 11.9. The van der Waals surface area contributed by atoms with E-state index in [0.29, 0.717) is 23.7 Å². The first kappa shape index (κ1) is 28.9. The Balaban J connectivity index is 1.74. The number of benzene rings is 2. The summed E-state index contributed by atoms with van der Waals surface area (Å²) < 4.78 is 10.8. The van der Waals surface area contributed by atoms with E-state index in [4.69, 9.17) is 21.1 Å². The van der Waals surface area contributed by atoms with Crippen LogP contribution in [0, 0.1) is 5.92 Å². The van der Waals surface area contributed by atoms with E-state index in [1.54, 1.807) is 24.3 Å². The summed E-state index contributed by atoms with van der Waals surface area (Å²) >= 11 is 6.21. The second kappa shape index (κ2) is 16.4. The van der Waals surface area contributed by atoms with Crippen LogP contribution in [0.5, 0.6) is 5.75 Å². The number of halogens is 1. The summed E-state index contributed by atoms with van der Waals surface area (Å²) in [5, 5.41) is -0.175. The Morgan fingerprint density at radius 1 is 0.800 bits per heavy atom. The number of hydrogen-bond donors (Lipinski definition) is 0. The minimum atomic E-state index is -0.371. The van der Waals surface area contributed by atoms with Crippen molar-refractivity contribution in [3.05, 3.63) is 54.1 Å². The Kier molecular flexibility index (Phi) is 13.5. The van der Waals surface area contributed by atoms with Crippen LogP contribution < -0.4 is 4.74 Å². The monoisotopic (exact) mass is 500 g/mol. The van der Waals surface area contributed by atoms with Gasteiger partial charge in [0.2, 0.25) is 0 Å². The molecule has 0 aliphatic carbocycles. The van der Waals surface area contributed by atoms with Crippen LogP contribution in [0.1, 0.15) is 95.3 Å². The fourth-order valence-corrected chi connectivity index (χ4v) is 4.35. The van der Waals surface area contributed by atoms with Gasteiger partial charge in [-0.25, -0.2) is 4.79 Å². The summed E-state index contributed by atoms with van der Waals surface area (Å²) in [5.41, 5.74) is 2.44. The average molecular weight is 501 g/mol. The van der Waals surface area contributed by atoms with Gasteiger partial charge in [-0.2, -0.15) is 0 Å². The lowest BCUT2D eigenvalue weighted by Crippen LogP contribution is -2.16. The first-order chi connectivity index (χ1) is 16.9. The summed E-state index contributed by atoms with van der Waals surface area (Å²) in [4.78, 5) is 24.4. The van der Waals surface area contributed by atoms with Crippen molar-refractivity contribution in [1.82, 2.24) is 0 Å². The van der Waals surface area contributed by atoms with Crippen molar-refractivity contribution in [2.24, 2.45) is 5.92 Å². The molecule has 2 rings (SSSR count). The Morgan fingerprint density at radius 3 is 1.91 bits per heavy atom. The van der Waals surface area contributed by atoms with Crippen molar-refractivity contribution in [3.8, 4) is 16.9 Å². The van der Waals surface area contributed by atoms with Crippen LogP contribution in [0.2, 0.25) is 0 Å². The minimum absolute atomic E-state index is 0.175. The number of alkyl halides is 1. The fraction of sp³-hybridized carbons (Fsp3) is 0.533. The van der Waals surface area contributed by atoms with Gasteiger partial charge in [0, 0.05) is 6.42 Å². The lowest BCUT2D eigenvalue weighted by molar-refractivity contribution is -0.134. The molecule has 192 valence electrons. The van der Waals surface area contributed by atoms with Crippen LogP contribution in [0.4, 0.5) is 0 Å². The van der Waals surface area contributed by atoms with Crippen LogP contribution in [0.3, 0.4) is 0 Å². The first-order valence-electron chi connectivity index (χ1n) is 13.1. The van der Waals surface area contributed by atoms with Crippen LogP contribution in [-0.4, -0.2) is 23.9 Å². The third-order valence-corrected chi connectivity index (χ3v) is 6.20. The second-order valence-electron chi connectivity index (χ2n) is 9.63. The largest absolute Gasteiger partial charge is 0.461 e. The van der Waals surface area contributed by atoms with Crippen LogP contribution in [-0.2, 0) is 9.53 Å². The molecule has 0 heterocycles. The molecule has 0 fully saturated rings. The van der Waals surface area contributed by atoms with Gasteiger partial charge >= 0.3 is 11.9 Å². The molecule has 1 atom stereocenters. The van der Waals surface area contributed by atoms with E-state index in [0.717, 1.165) is 30.4 Å². The average Bonchev–Trinajstić information content (AvgIpc) is 2.84. The van der Waals surface area contributed by atoms with Gasteiger partial charge in [0.05, 0.1) is 10.9 Å².